The van der Waals surface area contributed by atoms with E-state index in [1.54, 1.807) is 0 Å². The van der Waals surface area contributed by atoms with Gasteiger partial charge in [0.25, 0.3) is 0 Å². The van der Waals surface area contributed by atoms with Crippen LogP contribution in [0, 0.1) is 0 Å². The summed E-state index contributed by atoms with van der Waals surface area (Å²) in [5.41, 5.74) is 0. The quantitative estimate of drug-likeness (QED) is 0.201. The molecule has 1 saturated heterocycles. The molecule has 5 nitrogen and oxygen atoms in total. The minimum absolute atomic E-state index is 0.0967. The van der Waals surface area contributed by atoms with Crippen LogP contribution in [0.15, 0.2) is 12.2 Å². The van der Waals surface area contributed by atoms with Gasteiger partial charge in [-0.3, -0.25) is 0 Å². The van der Waals surface area contributed by atoms with Gasteiger partial charge >= 0.3 is 0 Å². The fourth-order valence-corrected chi connectivity index (χ4v) is 3.97. The normalized spacial score (nSPS) is 24.7. The molecule has 1 aliphatic heterocycles. The maximum Gasteiger partial charge on any atom is 0.114 e. The van der Waals surface area contributed by atoms with Crippen LogP contribution in [-0.2, 0) is 9.47 Å². The first-order chi connectivity index (χ1) is 14.7. The molecule has 3 N–H and O–H groups in total. The van der Waals surface area contributed by atoms with Crippen molar-refractivity contribution in [2.45, 2.75) is 128 Å². The summed E-state index contributed by atoms with van der Waals surface area (Å²) < 4.78 is 10.8. The molecule has 0 spiro atoms. The van der Waals surface area contributed by atoms with Gasteiger partial charge in [0.2, 0.25) is 0 Å². The monoisotopic (exact) mass is 428 g/mol. The van der Waals surface area contributed by atoms with Gasteiger partial charge in [0.1, 0.15) is 24.4 Å². The van der Waals surface area contributed by atoms with Gasteiger partial charge < -0.3 is 24.8 Å². The van der Waals surface area contributed by atoms with E-state index in [0.29, 0.717) is 6.61 Å². The Morgan fingerprint density at radius 1 is 0.800 bits per heavy atom. The summed E-state index contributed by atoms with van der Waals surface area (Å²) in [5.74, 6) is 0. The SMILES string of the molecule is CCCCCCCCCC/C=C/CCCCCCCO[C@H]1[C@H](O)[C@@H](CO)OC[C@@H]1O. The van der Waals surface area contributed by atoms with Gasteiger partial charge in [-0.05, 0) is 32.1 Å². The van der Waals surface area contributed by atoms with E-state index >= 15 is 0 Å². The average molecular weight is 429 g/mol. The van der Waals surface area contributed by atoms with Crippen molar-refractivity contribution in [1.29, 1.82) is 0 Å². The summed E-state index contributed by atoms with van der Waals surface area (Å²) in [6.45, 7) is 2.63. The standard InChI is InChI=1S/C25H48O5/c1-2-3-4-5-6-7-8-9-10-11-12-13-14-15-16-17-18-19-29-25-22(27)21-30-23(20-26)24(25)28/h11-12,22-28H,2-10,13-21H2,1H3/b12-11+/t22-,23+,24+,25+/m0/s1. The van der Waals surface area contributed by atoms with Crippen LogP contribution in [-0.4, -0.2) is 59.6 Å². The van der Waals surface area contributed by atoms with Gasteiger partial charge in [-0.15, -0.1) is 0 Å². The lowest BCUT2D eigenvalue weighted by atomic mass is 10.0. The molecule has 0 aromatic heterocycles. The maximum atomic E-state index is 10.1. The van der Waals surface area contributed by atoms with Gasteiger partial charge in [-0.2, -0.15) is 0 Å². The highest BCUT2D eigenvalue weighted by atomic mass is 16.6. The Morgan fingerprint density at radius 2 is 1.33 bits per heavy atom. The van der Waals surface area contributed by atoms with Crippen molar-refractivity contribution in [3.8, 4) is 0 Å². The lowest BCUT2D eigenvalue weighted by Gasteiger charge is -2.37. The molecule has 1 heterocycles. The Hall–Kier alpha value is -0.460. The van der Waals surface area contributed by atoms with Crippen LogP contribution >= 0.6 is 0 Å². The average Bonchev–Trinajstić information content (AvgIpc) is 2.75. The van der Waals surface area contributed by atoms with E-state index in [4.69, 9.17) is 14.6 Å². The third kappa shape index (κ3) is 13.1. The van der Waals surface area contributed by atoms with Gasteiger partial charge in [-0.1, -0.05) is 83.3 Å². The van der Waals surface area contributed by atoms with E-state index in [2.05, 4.69) is 19.1 Å². The molecule has 178 valence electrons. The molecular formula is C25H48O5. The van der Waals surface area contributed by atoms with E-state index in [-0.39, 0.29) is 13.2 Å². The molecule has 0 aromatic rings. The molecule has 0 radical (unpaired) electrons. The number of aliphatic hydroxyl groups excluding tert-OH is 3. The number of aliphatic hydroxyl groups is 3. The zero-order valence-corrected chi connectivity index (χ0v) is 19.4. The number of hydrogen-bond acceptors (Lipinski definition) is 5. The van der Waals surface area contributed by atoms with Gasteiger partial charge in [0.15, 0.2) is 0 Å². The van der Waals surface area contributed by atoms with Crippen LogP contribution in [0.3, 0.4) is 0 Å². The fourth-order valence-electron chi connectivity index (χ4n) is 3.97. The third-order valence-corrected chi connectivity index (χ3v) is 5.97. The zero-order valence-electron chi connectivity index (χ0n) is 19.4. The lowest BCUT2D eigenvalue weighted by Crippen LogP contribution is -2.55. The van der Waals surface area contributed by atoms with Crippen molar-refractivity contribution < 1.29 is 24.8 Å². The highest BCUT2D eigenvalue weighted by molar-refractivity contribution is 4.87. The second-order valence-electron chi connectivity index (χ2n) is 8.74. The highest BCUT2D eigenvalue weighted by Crippen LogP contribution is 2.19. The summed E-state index contributed by atoms with van der Waals surface area (Å²) >= 11 is 0. The van der Waals surface area contributed by atoms with Crippen molar-refractivity contribution in [2.75, 3.05) is 19.8 Å². The number of ether oxygens (including phenoxy) is 2. The molecule has 0 unspecified atom stereocenters. The second kappa shape index (κ2) is 19.2. The fraction of sp³-hybridized carbons (Fsp3) is 0.920. The zero-order chi connectivity index (χ0) is 21.9. The number of hydrogen-bond donors (Lipinski definition) is 3. The minimum Gasteiger partial charge on any atom is -0.394 e. The van der Waals surface area contributed by atoms with E-state index in [1.165, 1.54) is 83.5 Å². The van der Waals surface area contributed by atoms with Crippen LogP contribution in [0.2, 0.25) is 0 Å². The van der Waals surface area contributed by atoms with Crippen molar-refractivity contribution in [3.05, 3.63) is 12.2 Å². The molecule has 30 heavy (non-hydrogen) atoms. The molecule has 0 saturated carbocycles. The number of allylic oxidation sites excluding steroid dienone is 2. The Bertz CT molecular complexity index is 401. The van der Waals surface area contributed by atoms with E-state index in [0.717, 1.165) is 12.8 Å². The van der Waals surface area contributed by atoms with Gasteiger partial charge in [0.05, 0.1) is 13.2 Å². The summed E-state index contributed by atoms with van der Waals surface area (Å²) in [6.07, 6.45) is 20.7. The molecule has 0 aliphatic carbocycles. The van der Waals surface area contributed by atoms with Crippen LogP contribution in [0.4, 0.5) is 0 Å². The molecule has 1 fully saturated rings. The van der Waals surface area contributed by atoms with Crippen molar-refractivity contribution in [2.24, 2.45) is 0 Å². The molecule has 0 amide bonds. The number of rotatable bonds is 19. The maximum absolute atomic E-state index is 10.1. The molecule has 1 rings (SSSR count). The second-order valence-corrected chi connectivity index (χ2v) is 8.74. The Kier molecular flexibility index (Phi) is 17.7. The third-order valence-electron chi connectivity index (χ3n) is 5.97. The van der Waals surface area contributed by atoms with Gasteiger partial charge in [0, 0.05) is 6.61 Å². The first-order valence-electron chi connectivity index (χ1n) is 12.6. The predicted molar refractivity (Wildman–Crippen MR) is 123 cm³/mol. The topological polar surface area (TPSA) is 79.2 Å². The first-order valence-corrected chi connectivity index (χ1v) is 12.6. The molecular weight excluding hydrogens is 380 g/mol. The molecule has 0 aromatic carbocycles. The predicted octanol–water partition coefficient (Wildman–Crippen LogP) is 4.91. The molecule has 4 atom stereocenters. The summed E-state index contributed by atoms with van der Waals surface area (Å²) in [7, 11) is 0. The first kappa shape index (κ1) is 27.6. The largest absolute Gasteiger partial charge is 0.394 e. The van der Waals surface area contributed by atoms with Crippen LogP contribution in [0.1, 0.15) is 103 Å². The van der Waals surface area contributed by atoms with Crippen LogP contribution in [0.25, 0.3) is 0 Å². The Labute approximate surface area is 184 Å². The van der Waals surface area contributed by atoms with Crippen molar-refractivity contribution >= 4 is 0 Å². The molecule has 0 bridgehead atoms. The smallest absolute Gasteiger partial charge is 0.114 e. The van der Waals surface area contributed by atoms with Gasteiger partial charge in [-0.25, -0.2) is 0 Å². The summed E-state index contributed by atoms with van der Waals surface area (Å²) in [4.78, 5) is 0. The molecule has 5 heteroatoms. The summed E-state index contributed by atoms with van der Waals surface area (Å²) in [5, 5.41) is 29.1. The minimum atomic E-state index is -0.976. The Morgan fingerprint density at radius 3 is 1.90 bits per heavy atom. The lowest BCUT2D eigenvalue weighted by molar-refractivity contribution is -0.210. The van der Waals surface area contributed by atoms with E-state index in [1.807, 2.05) is 0 Å². The highest BCUT2D eigenvalue weighted by Gasteiger charge is 2.38. The van der Waals surface area contributed by atoms with Crippen molar-refractivity contribution in [1.82, 2.24) is 0 Å². The van der Waals surface area contributed by atoms with E-state index < -0.39 is 24.4 Å². The Balaban J connectivity index is 1.85. The van der Waals surface area contributed by atoms with Crippen molar-refractivity contribution in [3.63, 3.8) is 0 Å². The molecule has 1 aliphatic rings. The van der Waals surface area contributed by atoms with Crippen LogP contribution in [0.5, 0.6) is 0 Å². The number of unbranched alkanes of at least 4 members (excludes halogenated alkanes) is 13. The van der Waals surface area contributed by atoms with Crippen LogP contribution < -0.4 is 0 Å². The summed E-state index contributed by atoms with van der Waals surface area (Å²) in [6, 6.07) is 0. The van der Waals surface area contributed by atoms with E-state index in [9.17, 15) is 10.2 Å².